The maximum atomic E-state index is 11.9. The Balaban J connectivity index is 1.66. The monoisotopic (exact) mass is 330 g/mol. The largest absolute Gasteiger partial charge is 0.441 e. The molecule has 122 valence electrons. The third-order valence-corrected chi connectivity index (χ3v) is 3.21. The van der Waals surface area contributed by atoms with Crippen LogP contribution in [0.15, 0.2) is 82.4 Å². The van der Waals surface area contributed by atoms with E-state index in [-0.39, 0.29) is 11.6 Å². The molecule has 0 atom stereocenters. The lowest BCUT2D eigenvalue weighted by Crippen LogP contribution is -2.14. The number of nitrogens with two attached hydrogens (primary N) is 1. The molecule has 0 saturated carbocycles. The van der Waals surface area contributed by atoms with Crippen LogP contribution in [0.2, 0.25) is 0 Å². The summed E-state index contributed by atoms with van der Waals surface area (Å²) in [7, 11) is 0. The molecule has 2 N–H and O–H groups in total. The first kappa shape index (κ1) is 16.1. The van der Waals surface area contributed by atoms with Crippen molar-refractivity contribution < 1.29 is 14.0 Å². The smallest absolute Gasteiger partial charge is 0.400 e. The summed E-state index contributed by atoms with van der Waals surface area (Å²) >= 11 is 0. The molecule has 5 heteroatoms. The molecule has 0 bridgehead atoms. The molecular formula is C20H14N2O3. The van der Waals surface area contributed by atoms with Gasteiger partial charge in [0.25, 0.3) is 0 Å². The minimum atomic E-state index is -0.744. The van der Waals surface area contributed by atoms with Gasteiger partial charge in [-0.1, -0.05) is 59.6 Å². The topological polar surface area (TPSA) is 77.8 Å². The number of nitrogens with zero attached hydrogens (tertiary/aromatic N) is 1. The number of oxime groups is 1. The van der Waals surface area contributed by atoms with Crippen molar-refractivity contribution in [2.45, 2.75) is 0 Å². The molecular weight excluding hydrogens is 316 g/mol. The lowest BCUT2D eigenvalue weighted by Gasteiger charge is -1.99. The molecule has 1 aromatic heterocycles. The first-order valence-corrected chi connectivity index (χ1v) is 7.49. The highest BCUT2D eigenvalue weighted by atomic mass is 16.7. The molecule has 3 aromatic rings. The summed E-state index contributed by atoms with van der Waals surface area (Å²) in [4.78, 5) is 16.7. The summed E-state index contributed by atoms with van der Waals surface area (Å²) in [5.74, 6) is 5.50. The van der Waals surface area contributed by atoms with Crippen molar-refractivity contribution in [2.75, 3.05) is 0 Å². The standard InChI is InChI=1S/C20H14N2O3/c21-19(16-9-5-2-6-10-16)22-25-20(23)18-14-13-17(24-18)12-11-15-7-3-1-4-8-15/h1-10,13-14H,(H2,21,22). The summed E-state index contributed by atoms with van der Waals surface area (Å²) in [5.41, 5.74) is 7.27. The number of carbonyl (C=O) groups excluding carboxylic acids is 1. The van der Waals surface area contributed by atoms with Crippen molar-refractivity contribution in [3.8, 4) is 11.8 Å². The van der Waals surface area contributed by atoms with Crippen LogP contribution in [0.5, 0.6) is 0 Å². The van der Waals surface area contributed by atoms with E-state index in [0.29, 0.717) is 11.3 Å². The van der Waals surface area contributed by atoms with Crippen molar-refractivity contribution in [2.24, 2.45) is 10.9 Å². The van der Waals surface area contributed by atoms with Gasteiger partial charge >= 0.3 is 5.97 Å². The lowest BCUT2D eigenvalue weighted by molar-refractivity contribution is 0.0479. The van der Waals surface area contributed by atoms with E-state index in [1.54, 1.807) is 18.2 Å². The van der Waals surface area contributed by atoms with Crippen LogP contribution in [0.3, 0.4) is 0 Å². The van der Waals surface area contributed by atoms with Crippen molar-refractivity contribution in [1.29, 1.82) is 0 Å². The number of rotatable bonds is 3. The molecule has 1 heterocycles. The van der Waals surface area contributed by atoms with E-state index in [1.807, 2.05) is 48.5 Å². The molecule has 0 aliphatic heterocycles. The van der Waals surface area contributed by atoms with Crippen LogP contribution in [-0.2, 0) is 4.84 Å². The Hall–Kier alpha value is -3.78. The van der Waals surface area contributed by atoms with Crippen LogP contribution in [0.4, 0.5) is 0 Å². The summed E-state index contributed by atoms with van der Waals surface area (Å²) in [6.07, 6.45) is 0. The Morgan fingerprint density at radius 2 is 1.60 bits per heavy atom. The molecule has 2 aromatic carbocycles. The fraction of sp³-hybridized carbons (Fsp3) is 0. The van der Waals surface area contributed by atoms with Gasteiger partial charge in [-0.2, -0.15) is 0 Å². The number of benzene rings is 2. The van der Waals surface area contributed by atoms with E-state index >= 15 is 0 Å². The molecule has 0 saturated heterocycles. The fourth-order valence-corrected chi connectivity index (χ4v) is 1.97. The highest BCUT2D eigenvalue weighted by Gasteiger charge is 2.13. The first-order chi connectivity index (χ1) is 12.2. The predicted molar refractivity (Wildman–Crippen MR) is 93.7 cm³/mol. The second-order valence-corrected chi connectivity index (χ2v) is 5.00. The number of amidine groups is 1. The van der Waals surface area contributed by atoms with Gasteiger partial charge in [0.1, 0.15) is 0 Å². The molecule has 0 radical (unpaired) electrons. The minimum Gasteiger partial charge on any atom is -0.441 e. The van der Waals surface area contributed by atoms with E-state index < -0.39 is 5.97 Å². The molecule has 0 spiro atoms. The normalized spacial score (nSPS) is 10.6. The molecule has 0 fully saturated rings. The van der Waals surface area contributed by atoms with Gasteiger partial charge in [-0.25, -0.2) is 4.79 Å². The first-order valence-electron chi connectivity index (χ1n) is 7.49. The van der Waals surface area contributed by atoms with Crippen molar-refractivity contribution >= 4 is 11.8 Å². The Morgan fingerprint density at radius 3 is 2.32 bits per heavy atom. The van der Waals surface area contributed by atoms with E-state index in [4.69, 9.17) is 15.0 Å². The second-order valence-electron chi connectivity index (χ2n) is 5.00. The maximum absolute atomic E-state index is 11.9. The van der Waals surface area contributed by atoms with E-state index in [1.165, 1.54) is 6.07 Å². The van der Waals surface area contributed by atoms with Crippen molar-refractivity contribution in [1.82, 2.24) is 0 Å². The SMILES string of the molecule is N/C(=N\OC(=O)c1ccc(C#Cc2ccccc2)o1)c1ccccc1. The molecule has 5 nitrogen and oxygen atoms in total. The summed E-state index contributed by atoms with van der Waals surface area (Å²) < 4.78 is 5.35. The maximum Gasteiger partial charge on any atom is 0.400 e. The van der Waals surface area contributed by atoms with Crippen LogP contribution in [0.25, 0.3) is 0 Å². The highest BCUT2D eigenvalue weighted by Crippen LogP contribution is 2.09. The summed E-state index contributed by atoms with van der Waals surface area (Å²) in [6, 6.07) is 21.5. The molecule has 0 aliphatic carbocycles. The Bertz CT molecular complexity index is 949. The second kappa shape index (κ2) is 7.66. The van der Waals surface area contributed by atoms with Gasteiger partial charge in [-0.3, -0.25) is 0 Å². The van der Waals surface area contributed by atoms with E-state index in [0.717, 1.165) is 5.56 Å². The zero-order chi connectivity index (χ0) is 17.5. The van der Waals surface area contributed by atoms with E-state index in [9.17, 15) is 4.79 Å². The van der Waals surface area contributed by atoms with Gasteiger partial charge in [-0.05, 0) is 30.2 Å². The molecule has 25 heavy (non-hydrogen) atoms. The molecule has 0 amide bonds. The number of carbonyl (C=O) groups is 1. The van der Waals surface area contributed by atoms with Crippen LogP contribution >= 0.6 is 0 Å². The third-order valence-electron chi connectivity index (χ3n) is 3.21. The number of furan rings is 1. The molecule has 3 rings (SSSR count). The van der Waals surface area contributed by atoms with Crippen LogP contribution in [0, 0.1) is 11.8 Å². The van der Waals surface area contributed by atoms with Crippen molar-refractivity contribution in [3.63, 3.8) is 0 Å². The van der Waals surface area contributed by atoms with Gasteiger partial charge in [0.15, 0.2) is 11.6 Å². The Kier molecular flexibility index (Phi) is 4.93. The van der Waals surface area contributed by atoms with Gasteiger partial charge < -0.3 is 15.0 Å². The van der Waals surface area contributed by atoms with Crippen LogP contribution in [0.1, 0.15) is 27.4 Å². The van der Waals surface area contributed by atoms with Crippen molar-refractivity contribution in [3.05, 3.63) is 95.4 Å². The average molecular weight is 330 g/mol. The molecule has 0 aliphatic rings. The number of hydrogen-bond donors (Lipinski definition) is 1. The van der Waals surface area contributed by atoms with Crippen LogP contribution in [-0.4, -0.2) is 11.8 Å². The van der Waals surface area contributed by atoms with Gasteiger partial charge in [0.05, 0.1) is 0 Å². The fourth-order valence-electron chi connectivity index (χ4n) is 1.97. The molecule has 0 unspecified atom stereocenters. The summed E-state index contributed by atoms with van der Waals surface area (Å²) in [5, 5.41) is 3.62. The third kappa shape index (κ3) is 4.36. The van der Waals surface area contributed by atoms with Crippen LogP contribution < -0.4 is 5.73 Å². The lowest BCUT2D eigenvalue weighted by atomic mass is 10.2. The van der Waals surface area contributed by atoms with Gasteiger partial charge in [-0.15, -0.1) is 0 Å². The zero-order valence-corrected chi connectivity index (χ0v) is 13.2. The quantitative estimate of drug-likeness (QED) is 0.263. The average Bonchev–Trinajstić information content (AvgIpc) is 3.15. The Morgan fingerprint density at radius 1 is 0.920 bits per heavy atom. The minimum absolute atomic E-state index is 0.00183. The number of hydrogen-bond acceptors (Lipinski definition) is 4. The predicted octanol–water partition coefficient (Wildman–Crippen LogP) is 3.16. The zero-order valence-electron chi connectivity index (χ0n) is 13.2. The van der Waals surface area contributed by atoms with Gasteiger partial charge in [0, 0.05) is 11.1 Å². The highest BCUT2D eigenvalue weighted by molar-refractivity contribution is 5.97. The van der Waals surface area contributed by atoms with E-state index in [2.05, 4.69) is 17.0 Å². The summed E-state index contributed by atoms with van der Waals surface area (Å²) in [6.45, 7) is 0. The Labute approximate surface area is 144 Å². The van der Waals surface area contributed by atoms with Gasteiger partial charge in [0.2, 0.25) is 5.76 Å².